The lowest BCUT2D eigenvalue weighted by atomic mass is 10.2. The SMILES string of the molecule is O=C(O)CCCC(=O)OC(=O)CCCC(=O)N1CCOCC1. The van der Waals surface area contributed by atoms with Crippen LogP contribution in [0, 0.1) is 0 Å². The molecule has 0 aliphatic carbocycles. The first-order valence-corrected chi connectivity index (χ1v) is 7.30. The molecule has 8 heteroatoms. The first-order valence-electron chi connectivity index (χ1n) is 7.30. The van der Waals surface area contributed by atoms with E-state index in [1.54, 1.807) is 4.90 Å². The smallest absolute Gasteiger partial charge is 0.313 e. The number of carboxylic acid groups (broad SMARTS) is 1. The van der Waals surface area contributed by atoms with Crippen LogP contribution in [0.1, 0.15) is 38.5 Å². The average Bonchev–Trinajstić information content (AvgIpc) is 2.47. The third-order valence-corrected chi connectivity index (χ3v) is 3.13. The molecule has 0 unspecified atom stereocenters. The van der Waals surface area contributed by atoms with Crippen LogP contribution >= 0.6 is 0 Å². The standard InChI is InChI=1S/C14H21NO7/c16-11(15-7-9-21-10-8-15)3-1-5-13(19)22-14(20)6-2-4-12(17)18/h1-10H2,(H,17,18). The number of carboxylic acids is 1. The predicted octanol–water partition coefficient (Wildman–Crippen LogP) is 0.340. The Morgan fingerprint density at radius 2 is 1.45 bits per heavy atom. The minimum absolute atomic E-state index is 0.0131. The fourth-order valence-corrected chi connectivity index (χ4v) is 1.97. The number of nitrogens with zero attached hydrogens (tertiary/aromatic N) is 1. The number of esters is 2. The van der Waals surface area contributed by atoms with Gasteiger partial charge in [-0.15, -0.1) is 0 Å². The van der Waals surface area contributed by atoms with Gasteiger partial charge in [-0.3, -0.25) is 19.2 Å². The Morgan fingerprint density at radius 1 is 0.909 bits per heavy atom. The summed E-state index contributed by atoms with van der Waals surface area (Å²) in [6.45, 7) is 2.17. The van der Waals surface area contributed by atoms with E-state index in [0.29, 0.717) is 32.7 Å². The molecule has 0 atom stereocenters. The Labute approximate surface area is 128 Å². The van der Waals surface area contributed by atoms with Gasteiger partial charge in [0.05, 0.1) is 13.2 Å². The molecule has 1 N–H and O–H groups in total. The van der Waals surface area contributed by atoms with E-state index < -0.39 is 17.9 Å². The number of rotatable bonds is 8. The number of ether oxygens (including phenoxy) is 2. The molecule has 8 nitrogen and oxygen atoms in total. The van der Waals surface area contributed by atoms with E-state index in [1.807, 2.05) is 0 Å². The lowest BCUT2D eigenvalue weighted by Gasteiger charge is -2.26. The van der Waals surface area contributed by atoms with Crippen LogP contribution in [0.3, 0.4) is 0 Å². The van der Waals surface area contributed by atoms with Crippen molar-refractivity contribution in [2.24, 2.45) is 0 Å². The van der Waals surface area contributed by atoms with Gasteiger partial charge in [0.1, 0.15) is 0 Å². The Balaban J connectivity index is 2.10. The monoisotopic (exact) mass is 315 g/mol. The van der Waals surface area contributed by atoms with E-state index in [9.17, 15) is 19.2 Å². The van der Waals surface area contributed by atoms with Gasteiger partial charge in [0.15, 0.2) is 0 Å². The van der Waals surface area contributed by atoms with Gasteiger partial charge in [-0.1, -0.05) is 0 Å². The number of hydrogen-bond acceptors (Lipinski definition) is 6. The third-order valence-electron chi connectivity index (χ3n) is 3.13. The number of aliphatic carboxylic acids is 1. The molecule has 0 saturated carbocycles. The Bertz CT molecular complexity index is 415. The maximum Gasteiger partial charge on any atom is 0.313 e. The van der Waals surface area contributed by atoms with E-state index in [0.717, 1.165) is 0 Å². The number of morpholine rings is 1. The molecular weight excluding hydrogens is 294 g/mol. The van der Waals surface area contributed by atoms with E-state index in [4.69, 9.17) is 9.84 Å². The van der Waals surface area contributed by atoms with E-state index in [-0.39, 0.29) is 38.0 Å². The van der Waals surface area contributed by atoms with Gasteiger partial charge in [-0.25, -0.2) is 0 Å². The molecule has 1 rings (SSSR count). The summed E-state index contributed by atoms with van der Waals surface area (Å²) in [7, 11) is 0. The number of amides is 1. The highest BCUT2D eigenvalue weighted by atomic mass is 16.6. The Hall–Kier alpha value is -1.96. The van der Waals surface area contributed by atoms with Crippen molar-refractivity contribution in [2.45, 2.75) is 38.5 Å². The van der Waals surface area contributed by atoms with Crippen molar-refractivity contribution in [3.05, 3.63) is 0 Å². The Kier molecular flexibility index (Phi) is 8.13. The highest BCUT2D eigenvalue weighted by Gasteiger charge is 2.17. The molecule has 1 saturated heterocycles. The predicted molar refractivity (Wildman–Crippen MR) is 73.8 cm³/mol. The fraction of sp³-hybridized carbons (Fsp3) is 0.714. The maximum atomic E-state index is 11.8. The van der Waals surface area contributed by atoms with Crippen molar-refractivity contribution in [1.82, 2.24) is 4.90 Å². The summed E-state index contributed by atoms with van der Waals surface area (Å²) in [5.41, 5.74) is 0. The van der Waals surface area contributed by atoms with Crippen LogP contribution < -0.4 is 0 Å². The van der Waals surface area contributed by atoms with Gasteiger partial charge in [0.2, 0.25) is 5.91 Å². The first kappa shape index (κ1) is 18.1. The van der Waals surface area contributed by atoms with E-state index in [1.165, 1.54) is 0 Å². The molecule has 0 aromatic heterocycles. The molecule has 1 aliphatic heterocycles. The average molecular weight is 315 g/mol. The zero-order valence-electron chi connectivity index (χ0n) is 12.4. The summed E-state index contributed by atoms with van der Waals surface area (Å²) in [6, 6.07) is 0. The highest BCUT2D eigenvalue weighted by molar-refractivity contribution is 5.86. The molecule has 0 aromatic carbocycles. The summed E-state index contributed by atoms with van der Waals surface area (Å²) in [5, 5.41) is 8.42. The quantitative estimate of drug-likeness (QED) is 0.508. The summed E-state index contributed by atoms with van der Waals surface area (Å²) in [4.78, 5) is 46.4. The molecule has 0 bridgehead atoms. The van der Waals surface area contributed by atoms with Crippen LogP contribution in [0.15, 0.2) is 0 Å². The Morgan fingerprint density at radius 3 is 2.00 bits per heavy atom. The molecule has 1 fully saturated rings. The van der Waals surface area contributed by atoms with E-state index >= 15 is 0 Å². The van der Waals surface area contributed by atoms with Crippen LogP contribution in [0.25, 0.3) is 0 Å². The summed E-state index contributed by atoms with van der Waals surface area (Å²) >= 11 is 0. The van der Waals surface area contributed by atoms with Crippen molar-refractivity contribution >= 4 is 23.8 Å². The van der Waals surface area contributed by atoms with E-state index in [2.05, 4.69) is 4.74 Å². The minimum Gasteiger partial charge on any atom is -0.481 e. The largest absolute Gasteiger partial charge is 0.481 e. The number of carbonyl (C=O) groups excluding carboxylic acids is 3. The first-order chi connectivity index (χ1) is 10.5. The lowest BCUT2D eigenvalue weighted by Crippen LogP contribution is -2.40. The minimum atomic E-state index is -0.999. The van der Waals surface area contributed by atoms with Gasteiger partial charge in [0.25, 0.3) is 0 Å². The molecule has 1 amide bonds. The summed E-state index contributed by atoms with van der Waals surface area (Å²) in [5.74, 6) is -2.45. The molecule has 22 heavy (non-hydrogen) atoms. The van der Waals surface area contributed by atoms with Crippen LogP contribution in [-0.2, 0) is 28.7 Å². The fourth-order valence-electron chi connectivity index (χ4n) is 1.97. The van der Waals surface area contributed by atoms with Crippen molar-refractivity contribution in [3.8, 4) is 0 Å². The molecule has 1 aliphatic rings. The summed E-state index contributed by atoms with van der Waals surface area (Å²) in [6.07, 6.45) is 0.416. The number of carbonyl (C=O) groups is 4. The van der Waals surface area contributed by atoms with Crippen molar-refractivity contribution in [3.63, 3.8) is 0 Å². The molecular formula is C14H21NO7. The zero-order chi connectivity index (χ0) is 16.4. The van der Waals surface area contributed by atoms with Gasteiger partial charge >= 0.3 is 17.9 Å². The molecule has 0 spiro atoms. The van der Waals surface area contributed by atoms with Gasteiger partial charge in [-0.2, -0.15) is 0 Å². The highest BCUT2D eigenvalue weighted by Crippen LogP contribution is 2.06. The van der Waals surface area contributed by atoms with Crippen LogP contribution in [0.5, 0.6) is 0 Å². The molecule has 0 aromatic rings. The number of hydrogen-bond donors (Lipinski definition) is 1. The van der Waals surface area contributed by atoms with Gasteiger partial charge < -0.3 is 19.5 Å². The molecule has 1 heterocycles. The third kappa shape index (κ3) is 7.72. The zero-order valence-corrected chi connectivity index (χ0v) is 12.4. The van der Waals surface area contributed by atoms with Gasteiger partial charge in [0, 0.05) is 38.8 Å². The summed E-state index contributed by atoms with van der Waals surface area (Å²) < 4.78 is 9.68. The topological polar surface area (TPSA) is 110 Å². The second kappa shape index (κ2) is 9.88. The maximum absolute atomic E-state index is 11.8. The van der Waals surface area contributed by atoms with Crippen molar-refractivity contribution in [2.75, 3.05) is 26.3 Å². The van der Waals surface area contributed by atoms with Crippen LogP contribution in [-0.4, -0.2) is 60.1 Å². The molecule has 124 valence electrons. The normalized spacial score (nSPS) is 14.5. The second-order valence-electron chi connectivity index (χ2n) is 4.94. The lowest BCUT2D eigenvalue weighted by molar-refractivity contribution is -0.159. The van der Waals surface area contributed by atoms with Crippen LogP contribution in [0.2, 0.25) is 0 Å². The van der Waals surface area contributed by atoms with Crippen molar-refractivity contribution < 1.29 is 33.8 Å². The van der Waals surface area contributed by atoms with Crippen LogP contribution in [0.4, 0.5) is 0 Å². The van der Waals surface area contributed by atoms with Crippen molar-refractivity contribution in [1.29, 1.82) is 0 Å². The van der Waals surface area contributed by atoms with Gasteiger partial charge in [-0.05, 0) is 12.8 Å². The molecule has 0 radical (unpaired) electrons. The second-order valence-corrected chi connectivity index (χ2v) is 4.94.